The van der Waals surface area contributed by atoms with E-state index in [0.717, 1.165) is 19.3 Å². The minimum atomic E-state index is 0.108. The minimum Gasteiger partial charge on any atom is -0.326 e. The number of nitrogens with zero attached hydrogens (tertiary/aromatic N) is 1. The molecule has 0 aliphatic rings. The number of hydrogen-bond acceptors (Lipinski definition) is 3. The zero-order chi connectivity index (χ0) is 12.2. The second-order valence-corrected chi connectivity index (χ2v) is 5.86. The third-order valence-electron chi connectivity index (χ3n) is 3.82. The molecule has 16 heavy (non-hydrogen) atoms. The van der Waals surface area contributed by atoms with E-state index in [-0.39, 0.29) is 11.6 Å². The van der Waals surface area contributed by atoms with Crippen molar-refractivity contribution in [2.75, 3.05) is 14.1 Å². The summed E-state index contributed by atoms with van der Waals surface area (Å²) in [5.41, 5.74) is 6.45. The van der Waals surface area contributed by atoms with E-state index in [0.29, 0.717) is 0 Å². The average molecular weight is 240 g/mol. The fourth-order valence-electron chi connectivity index (χ4n) is 1.97. The first-order valence-electron chi connectivity index (χ1n) is 5.96. The summed E-state index contributed by atoms with van der Waals surface area (Å²) in [5.74, 6) is 0. The Morgan fingerprint density at radius 3 is 2.62 bits per heavy atom. The van der Waals surface area contributed by atoms with Crippen molar-refractivity contribution >= 4 is 11.3 Å². The van der Waals surface area contributed by atoms with Gasteiger partial charge in [-0.25, -0.2) is 0 Å². The average Bonchev–Trinajstić information content (AvgIpc) is 2.77. The van der Waals surface area contributed by atoms with Gasteiger partial charge in [0.05, 0.1) is 0 Å². The number of rotatable bonds is 6. The van der Waals surface area contributed by atoms with Crippen LogP contribution in [0, 0.1) is 0 Å². The topological polar surface area (TPSA) is 29.3 Å². The standard InChI is InChI=1S/C13H24N2S/c1-5-13(2,15(3)4)12(14)9-8-11-7-6-10-16-11/h6-7,10,12H,5,8-9,14H2,1-4H3. The molecule has 92 valence electrons. The molecule has 1 aromatic heterocycles. The lowest BCUT2D eigenvalue weighted by atomic mass is 9.86. The van der Waals surface area contributed by atoms with Gasteiger partial charge in [-0.15, -0.1) is 11.3 Å². The Kier molecular flexibility index (Phi) is 4.96. The van der Waals surface area contributed by atoms with Crippen LogP contribution in [0.15, 0.2) is 17.5 Å². The highest BCUT2D eigenvalue weighted by Crippen LogP contribution is 2.23. The second-order valence-electron chi connectivity index (χ2n) is 4.83. The summed E-state index contributed by atoms with van der Waals surface area (Å²) in [6.45, 7) is 4.47. The highest BCUT2D eigenvalue weighted by atomic mass is 32.1. The summed E-state index contributed by atoms with van der Waals surface area (Å²) in [5, 5.41) is 2.13. The Morgan fingerprint density at radius 1 is 1.50 bits per heavy atom. The first-order valence-corrected chi connectivity index (χ1v) is 6.84. The van der Waals surface area contributed by atoms with Gasteiger partial charge in [0, 0.05) is 16.5 Å². The van der Waals surface area contributed by atoms with Gasteiger partial charge in [0.25, 0.3) is 0 Å². The fourth-order valence-corrected chi connectivity index (χ4v) is 2.70. The summed E-state index contributed by atoms with van der Waals surface area (Å²) < 4.78 is 0. The first kappa shape index (κ1) is 13.7. The van der Waals surface area contributed by atoms with Crippen molar-refractivity contribution in [3.05, 3.63) is 22.4 Å². The molecule has 1 aromatic rings. The predicted octanol–water partition coefficient (Wildman–Crippen LogP) is 2.74. The molecule has 3 heteroatoms. The molecule has 2 unspecified atom stereocenters. The summed E-state index contributed by atoms with van der Waals surface area (Å²) in [6, 6.07) is 4.53. The van der Waals surface area contributed by atoms with Gasteiger partial charge in [-0.05, 0) is 51.7 Å². The van der Waals surface area contributed by atoms with Gasteiger partial charge in [-0.2, -0.15) is 0 Å². The van der Waals surface area contributed by atoms with Crippen molar-refractivity contribution in [2.45, 2.75) is 44.7 Å². The molecule has 0 aromatic carbocycles. The molecular formula is C13H24N2S. The highest BCUT2D eigenvalue weighted by molar-refractivity contribution is 7.09. The number of aryl methyl sites for hydroxylation is 1. The van der Waals surface area contributed by atoms with Gasteiger partial charge in [-0.1, -0.05) is 13.0 Å². The van der Waals surface area contributed by atoms with E-state index in [2.05, 4.69) is 50.4 Å². The lowest BCUT2D eigenvalue weighted by Crippen LogP contribution is -2.55. The van der Waals surface area contributed by atoms with E-state index >= 15 is 0 Å². The molecule has 0 fully saturated rings. The lowest BCUT2D eigenvalue weighted by molar-refractivity contribution is 0.127. The molecule has 0 aliphatic heterocycles. The largest absolute Gasteiger partial charge is 0.326 e. The Hall–Kier alpha value is -0.380. The van der Waals surface area contributed by atoms with E-state index in [4.69, 9.17) is 5.73 Å². The Morgan fingerprint density at radius 2 is 2.19 bits per heavy atom. The Balaban J connectivity index is 2.53. The molecule has 0 amide bonds. The molecule has 1 rings (SSSR count). The SMILES string of the molecule is CCC(C)(C(N)CCc1cccs1)N(C)C. The molecule has 0 bridgehead atoms. The van der Waals surface area contributed by atoms with Crippen molar-refractivity contribution in [3.8, 4) is 0 Å². The monoisotopic (exact) mass is 240 g/mol. The maximum Gasteiger partial charge on any atom is 0.0323 e. The van der Waals surface area contributed by atoms with E-state index in [1.54, 1.807) is 0 Å². The zero-order valence-corrected chi connectivity index (χ0v) is 11.7. The second kappa shape index (κ2) is 5.80. The van der Waals surface area contributed by atoms with Gasteiger partial charge in [0.1, 0.15) is 0 Å². The van der Waals surface area contributed by atoms with Gasteiger partial charge in [0.15, 0.2) is 0 Å². The van der Waals surface area contributed by atoms with Crippen LogP contribution in [0.1, 0.15) is 31.6 Å². The van der Waals surface area contributed by atoms with Crippen molar-refractivity contribution < 1.29 is 0 Å². The van der Waals surface area contributed by atoms with Crippen LogP contribution >= 0.6 is 11.3 Å². The molecule has 0 spiro atoms. The normalized spacial score (nSPS) is 17.4. The first-order chi connectivity index (χ1) is 7.50. The molecule has 0 saturated carbocycles. The van der Waals surface area contributed by atoms with Crippen LogP contribution in [-0.2, 0) is 6.42 Å². The van der Waals surface area contributed by atoms with Crippen molar-refractivity contribution in [3.63, 3.8) is 0 Å². The predicted molar refractivity (Wildman–Crippen MR) is 73.0 cm³/mol. The van der Waals surface area contributed by atoms with Crippen LogP contribution < -0.4 is 5.73 Å². The van der Waals surface area contributed by atoms with Gasteiger partial charge in [0.2, 0.25) is 0 Å². The van der Waals surface area contributed by atoms with Crippen LogP contribution in [0.2, 0.25) is 0 Å². The summed E-state index contributed by atoms with van der Waals surface area (Å²) in [6.07, 6.45) is 3.25. The van der Waals surface area contributed by atoms with Crippen LogP contribution in [0.3, 0.4) is 0 Å². The lowest BCUT2D eigenvalue weighted by Gasteiger charge is -2.41. The Labute approximate surface area is 103 Å². The Bertz CT molecular complexity index is 295. The molecule has 2 atom stereocenters. The molecule has 1 heterocycles. The summed E-state index contributed by atoms with van der Waals surface area (Å²) in [4.78, 5) is 3.69. The highest BCUT2D eigenvalue weighted by Gasteiger charge is 2.31. The van der Waals surface area contributed by atoms with Crippen molar-refractivity contribution in [2.24, 2.45) is 5.73 Å². The molecule has 0 aliphatic carbocycles. The van der Waals surface area contributed by atoms with E-state index in [1.165, 1.54) is 4.88 Å². The van der Waals surface area contributed by atoms with Gasteiger partial charge < -0.3 is 10.6 Å². The van der Waals surface area contributed by atoms with Crippen LogP contribution in [0.5, 0.6) is 0 Å². The third-order valence-corrected chi connectivity index (χ3v) is 4.75. The molecule has 2 nitrogen and oxygen atoms in total. The van der Waals surface area contributed by atoms with E-state index in [9.17, 15) is 0 Å². The quantitative estimate of drug-likeness (QED) is 0.828. The van der Waals surface area contributed by atoms with E-state index < -0.39 is 0 Å². The van der Waals surface area contributed by atoms with Gasteiger partial charge >= 0.3 is 0 Å². The van der Waals surface area contributed by atoms with Crippen LogP contribution in [0.25, 0.3) is 0 Å². The maximum atomic E-state index is 6.34. The molecule has 0 saturated heterocycles. The van der Waals surface area contributed by atoms with Crippen LogP contribution in [-0.4, -0.2) is 30.6 Å². The summed E-state index contributed by atoms with van der Waals surface area (Å²) in [7, 11) is 4.24. The number of thiophene rings is 1. The number of likely N-dealkylation sites (N-methyl/N-ethyl adjacent to an activating group) is 1. The number of nitrogens with two attached hydrogens (primary N) is 1. The van der Waals surface area contributed by atoms with Gasteiger partial charge in [-0.3, -0.25) is 0 Å². The molecular weight excluding hydrogens is 216 g/mol. The smallest absolute Gasteiger partial charge is 0.0323 e. The fraction of sp³-hybridized carbons (Fsp3) is 0.692. The third kappa shape index (κ3) is 3.06. The minimum absolute atomic E-state index is 0.108. The molecule has 2 N–H and O–H groups in total. The van der Waals surface area contributed by atoms with E-state index in [1.807, 2.05) is 11.3 Å². The zero-order valence-electron chi connectivity index (χ0n) is 10.9. The maximum absolute atomic E-state index is 6.34. The molecule has 0 radical (unpaired) electrons. The van der Waals surface area contributed by atoms with Crippen molar-refractivity contribution in [1.29, 1.82) is 0 Å². The number of hydrogen-bond donors (Lipinski definition) is 1. The van der Waals surface area contributed by atoms with Crippen molar-refractivity contribution in [1.82, 2.24) is 4.90 Å². The van der Waals surface area contributed by atoms with Crippen LogP contribution in [0.4, 0.5) is 0 Å². The summed E-state index contributed by atoms with van der Waals surface area (Å²) >= 11 is 1.82.